The molecule has 28 heavy (non-hydrogen) atoms. The van der Waals surface area contributed by atoms with E-state index in [0.29, 0.717) is 11.8 Å². The lowest BCUT2D eigenvalue weighted by Gasteiger charge is -2.26. The van der Waals surface area contributed by atoms with Crippen molar-refractivity contribution in [3.8, 4) is 0 Å². The van der Waals surface area contributed by atoms with E-state index in [4.69, 9.17) is 13.9 Å². The average molecular weight is 436 g/mol. The van der Waals surface area contributed by atoms with Crippen LogP contribution in [0.2, 0.25) is 0 Å². The van der Waals surface area contributed by atoms with Crippen molar-refractivity contribution in [2.24, 2.45) is 0 Å². The van der Waals surface area contributed by atoms with Gasteiger partial charge in [-0.3, -0.25) is 4.79 Å². The average Bonchev–Trinajstić information content (AvgIpc) is 2.84. The molecule has 1 aromatic heterocycles. The Balaban J connectivity index is 2.69. The van der Waals surface area contributed by atoms with Crippen molar-refractivity contribution >= 4 is 41.6 Å². The molecule has 0 aromatic carbocycles. The second-order valence-corrected chi connectivity index (χ2v) is 9.48. The number of carbonyl (C=O) groups is 3. The van der Waals surface area contributed by atoms with Crippen molar-refractivity contribution < 1.29 is 32.7 Å². The third-order valence-electron chi connectivity index (χ3n) is 3.08. The van der Waals surface area contributed by atoms with E-state index in [9.17, 15) is 19.2 Å². The number of hydrogen-bond donors (Lipinski definition) is 2. The van der Waals surface area contributed by atoms with Crippen molar-refractivity contribution in [2.45, 2.75) is 64.5 Å². The predicted octanol–water partition coefficient (Wildman–Crippen LogP) is 2.45. The van der Waals surface area contributed by atoms with E-state index in [1.54, 1.807) is 34.6 Å². The van der Waals surface area contributed by atoms with E-state index in [-0.39, 0.29) is 23.9 Å². The zero-order chi connectivity index (χ0) is 21.7. The predicted molar refractivity (Wildman–Crippen MR) is 105 cm³/mol. The number of carbonyl (C=O) groups excluding carboxylic acids is 3. The minimum atomic E-state index is -1.08. The van der Waals surface area contributed by atoms with Crippen molar-refractivity contribution in [1.82, 2.24) is 5.32 Å². The Hall–Kier alpha value is -1.88. The van der Waals surface area contributed by atoms with Gasteiger partial charge >= 0.3 is 17.1 Å². The molecule has 0 fully saturated rings. The van der Waals surface area contributed by atoms with Crippen molar-refractivity contribution in [3.63, 3.8) is 0 Å². The van der Waals surface area contributed by atoms with E-state index in [2.05, 4.69) is 22.4 Å². The number of thiol groups is 1. The zero-order valence-electron chi connectivity index (χ0n) is 16.6. The number of rotatable bonds is 7. The Morgan fingerprint density at radius 2 is 1.79 bits per heavy atom. The molecule has 0 aliphatic carbocycles. The minimum absolute atomic E-state index is 0.0905. The third-order valence-corrected chi connectivity index (χ3v) is 4.13. The fourth-order valence-electron chi connectivity index (χ4n) is 1.70. The van der Waals surface area contributed by atoms with E-state index in [0.717, 1.165) is 0 Å². The van der Waals surface area contributed by atoms with Crippen LogP contribution in [0.25, 0.3) is 0 Å². The van der Waals surface area contributed by atoms with Crippen LogP contribution in [-0.2, 0) is 25.7 Å². The maximum Gasteiger partial charge on any atom is 0.519 e. The molecule has 0 spiro atoms. The third kappa shape index (κ3) is 8.42. The van der Waals surface area contributed by atoms with Gasteiger partial charge in [-0.05, 0) is 53.3 Å². The molecule has 0 aliphatic heterocycles. The summed E-state index contributed by atoms with van der Waals surface area (Å²) in [6.07, 6.45) is 0. The van der Waals surface area contributed by atoms with Crippen molar-refractivity contribution in [1.29, 1.82) is 0 Å². The lowest BCUT2D eigenvalue weighted by Crippen LogP contribution is -2.50. The summed E-state index contributed by atoms with van der Waals surface area (Å²) < 4.78 is 18.6. The molecule has 1 aromatic rings. The fraction of sp³-hybridized carbons (Fsp3) is 0.647. The molecule has 0 unspecified atom stereocenters. The molecule has 0 radical (unpaired) electrons. The summed E-state index contributed by atoms with van der Waals surface area (Å²) in [6, 6.07) is -1.08. The number of esters is 1. The van der Waals surface area contributed by atoms with Gasteiger partial charge in [0.05, 0.1) is 4.75 Å². The first-order chi connectivity index (χ1) is 12.7. The van der Waals surface area contributed by atoms with Gasteiger partial charge in [0, 0.05) is 5.75 Å². The second kappa shape index (κ2) is 9.55. The lowest BCUT2D eigenvalue weighted by atomic mass is 10.1. The van der Waals surface area contributed by atoms with Gasteiger partial charge < -0.3 is 23.6 Å². The smallest absolute Gasteiger partial charge is 0.458 e. The highest BCUT2D eigenvalue weighted by atomic mass is 32.2. The summed E-state index contributed by atoms with van der Waals surface area (Å²) in [5, 5.41) is 1.80. The highest BCUT2D eigenvalue weighted by Gasteiger charge is 2.32. The molecule has 1 amide bonds. The summed E-state index contributed by atoms with van der Waals surface area (Å²) >= 11 is 4.84. The molecule has 1 N–H and O–H groups in total. The van der Waals surface area contributed by atoms with Crippen LogP contribution in [0.15, 0.2) is 13.6 Å². The van der Waals surface area contributed by atoms with Gasteiger partial charge in [0.2, 0.25) is 5.91 Å². The van der Waals surface area contributed by atoms with Gasteiger partial charge in [-0.2, -0.15) is 12.6 Å². The molecule has 0 saturated carbocycles. The first-order valence-electron chi connectivity index (χ1n) is 8.34. The van der Waals surface area contributed by atoms with Gasteiger partial charge in [-0.15, -0.1) is 0 Å². The van der Waals surface area contributed by atoms with Crippen LogP contribution < -0.4 is 11.1 Å². The Morgan fingerprint density at radius 3 is 2.25 bits per heavy atom. The monoisotopic (exact) mass is 435 g/mol. The standard InChI is InChI=1S/C17H25NO8S2/c1-9-11(25-14(21)24-9)7-23-15(22)28-8-10(12(19)26-16(2,3)4)18-13(20)17(5,6)27/h10,27H,7-8H2,1-6H3,(H,18,20)/t10-/m0/s1. The molecule has 11 heteroatoms. The minimum Gasteiger partial charge on any atom is -0.458 e. The van der Waals surface area contributed by atoms with Crippen molar-refractivity contribution in [3.05, 3.63) is 22.1 Å². The molecule has 0 saturated heterocycles. The largest absolute Gasteiger partial charge is 0.519 e. The number of nitrogens with one attached hydrogen (secondary N) is 1. The van der Waals surface area contributed by atoms with Gasteiger partial charge in [0.25, 0.3) is 0 Å². The van der Waals surface area contributed by atoms with E-state index < -0.39 is 39.4 Å². The van der Waals surface area contributed by atoms with Crippen LogP contribution in [-0.4, -0.2) is 39.3 Å². The molecular formula is C17H25NO8S2. The highest BCUT2D eigenvalue weighted by Crippen LogP contribution is 2.17. The number of thioether (sulfide) groups is 1. The van der Waals surface area contributed by atoms with Crippen LogP contribution in [0.5, 0.6) is 0 Å². The van der Waals surface area contributed by atoms with E-state index in [1.165, 1.54) is 6.92 Å². The first kappa shape index (κ1) is 24.2. The molecule has 1 rings (SSSR count). The van der Waals surface area contributed by atoms with Crippen LogP contribution in [0.4, 0.5) is 4.79 Å². The number of ether oxygens (including phenoxy) is 2. The highest BCUT2D eigenvalue weighted by molar-refractivity contribution is 8.13. The zero-order valence-corrected chi connectivity index (χ0v) is 18.3. The maximum atomic E-state index is 12.4. The van der Waals surface area contributed by atoms with Crippen LogP contribution in [0.3, 0.4) is 0 Å². The van der Waals surface area contributed by atoms with Gasteiger partial charge in [-0.1, -0.05) is 0 Å². The summed E-state index contributed by atoms with van der Waals surface area (Å²) in [4.78, 5) is 47.4. The second-order valence-electron chi connectivity index (χ2n) is 7.40. The molecule has 1 heterocycles. The molecular weight excluding hydrogens is 410 g/mol. The number of amides is 1. The maximum absolute atomic E-state index is 12.4. The van der Waals surface area contributed by atoms with Crippen LogP contribution in [0, 0.1) is 6.92 Å². The Kier molecular flexibility index (Phi) is 8.24. The summed E-state index contributed by atoms with van der Waals surface area (Å²) in [5.74, 6) is -1.88. The van der Waals surface area contributed by atoms with Gasteiger partial charge in [-0.25, -0.2) is 14.4 Å². The quantitative estimate of drug-likeness (QED) is 0.490. The number of hydrogen-bond acceptors (Lipinski definition) is 10. The molecule has 1 atom stereocenters. The summed E-state index contributed by atoms with van der Waals surface area (Å²) in [7, 11) is 0. The first-order valence-corrected chi connectivity index (χ1v) is 9.77. The molecule has 9 nitrogen and oxygen atoms in total. The van der Waals surface area contributed by atoms with Gasteiger partial charge in [0.1, 0.15) is 11.6 Å². The summed E-state index contributed by atoms with van der Waals surface area (Å²) in [6.45, 7) is 9.41. The SMILES string of the molecule is Cc1oc(=O)oc1COC(=O)SC[C@H](NC(=O)C(C)(C)S)C(=O)OC(C)(C)C. The molecule has 0 bridgehead atoms. The van der Waals surface area contributed by atoms with Gasteiger partial charge in [0.15, 0.2) is 18.1 Å². The lowest BCUT2D eigenvalue weighted by molar-refractivity contribution is -0.158. The fourth-order valence-corrected chi connectivity index (χ4v) is 2.43. The number of aryl methyl sites for hydroxylation is 1. The normalized spacial score (nSPS) is 13.0. The Morgan fingerprint density at radius 1 is 1.18 bits per heavy atom. The van der Waals surface area contributed by atoms with Crippen molar-refractivity contribution in [2.75, 3.05) is 5.75 Å². The molecule has 0 aliphatic rings. The Bertz CT molecular complexity index is 769. The molecule has 158 valence electrons. The van der Waals surface area contributed by atoms with E-state index >= 15 is 0 Å². The van der Waals surface area contributed by atoms with Crippen LogP contribution in [0.1, 0.15) is 46.1 Å². The van der Waals surface area contributed by atoms with Crippen LogP contribution >= 0.6 is 24.4 Å². The topological polar surface area (TPSA) is 125 Å². The summed E-state index contributed by atoms with van der Waals surface area (Å²) in [5.41, 5.74) is -0.766. The van der Waals surface area contributed by atoms with E-state index in [1.807, 2.05) is 0 Å². The Labute approximate surface area is 172 Å².